The molecule has 0 amide bonds. The lowest BCUT2D eigenvalue weighted by Gasteiger charge is -2.03. The highest BCUT2D eigenvalue weighted by atomic mass is 19.4. The van der Waals surface area contributed by atoms with Crippen molar-refractivity contribution in [2.24, 2.45) is 0 Å². The van der Waals surface area contributed by atoms with Crippen LogP contribution in [0.4, 0.5) is 13.2 Å². The van der Waals surface area contributed by atoms with Gasteiger partial charge < -0.3 is 0 Å². The molecule has 0 saturated heterocycles. The molecule has 0 aromatic rings. The van der Waals surface area contributed by atoms with Gasteiger partial charge in [0, 0.05) is 0 Å². The van der Waals surface area contributed by atoms with Crippen LogP contribution in [0.3, 0.4) is 0 Å². The average Bonchev–Trinajstić information content (AvgIpc) is 1.59. The van der Waals surface area contributed by atoms with Crippen molar-refractivity contribution in [3.63, 3.8) is 0 Å². The predicted molar refractivity (Wildman–Crippen MR) is 22.3 cm³/mol. The van der Waals surface area contributed by atoms with Gasteiger partial charge in [-0.1, -0.05) is 6.92 Å². The third-order valence-corrected chi connectivity index (χ3v) is 0.470. The van der Waals surface area contributed by atoms with E-state index in [2.05, 4.69) is 4.74 Å². The van der Waals surface area contributed by atoms with Crippen molar-refractivity contribution in [2.75, 3.05) is 6.61 Å². The first-order valence-corrected chi connectivity index (χ1v) is 2.27. The zero-order valence-corrected chi connectivity index (χ0v) is 4.46. The summed E-state index contributed by atoms with van der Waals surface area (Å²) in [4.78, 5) is 0. The van der Waals surface area contributed by atoms with Crippen LogP contribution in [0.15, 0.2) is 0 Å². The quantitative estimate of drug-likeness (QED) is 0.552. The van der Waals surface area contributed by atoms with Crippen LogP contribution < -0.4 is 0 Å². The fourth-order valence-corrected chi connectivity index (χ4v) is 0.218. The maximum absolute atomic E-state index is 11.0. The minimum atomic E-state index is -4.45. The molecule has 0 heterocycles. The van der Waals surface area contributed by atoms with E-state index in [1.807, 2.05) is 0 Å². The normalized spacial score (nSPS) is 12.0. The third-order valence-electron chi connectivity index (χ3n) is 0.470. The molecule has 0 spiro atoms. The summed E-state index contributed by atoms with van der Waals surface area (Å²) < 4.78 is 36.4. The van der Waals surface area contributed by atoms with Crippen LogP contribution in [0.2, 0.25) is 0 Å². The largest absolute Gasteiger partial charge is 0.522 e. The molecule has 0 aromatic heterocycles. The van der Waals surface area contributed by atoms with Crippen LogP contribution in [0.1, 0.15) is 13.3 Å². The summed E-state index contributed by atoms with van der Waals surface area (Å²) in [5, 5.41) is 0. The van der Waals surface area contributed by atoms with E-state index in [4.69, 9.17) is 0 Å². The summed E-state index contributed by atoms with van der Waals surface area (Å²) in [5.74, 6) is 0. The molecule has 0 atom stereocenters. The van der Waals surface area contributed by atoms with Crippen molar-refractivity contribution in [3.05, 3.63) is 0 Å². The smallest absolute Gasteiger partial charge is 0.292 e. The molecular weight excluding hydrogens is 121 g/mol. The molecule has 1 nitrogen and oxygen atoms in total. The maximum atomic E-state index is 11.0. The van der Waals surface area contributed by atoms with Gasteiger partial charge in [-0.2, -0.15) is 0 Å². The van der Waals surface area contributed by atoms with E-state index in [0.29, 0.717) is 6.42 Å². The third kappa shape index (κ3) is 5.75. The Balaban J connectivity index is 3.11. The second kappa shape index (κ2) is 2.91. The maximum Gasteiger partial charge on any atom is 0.522 e. The molecule has 0 unspecified atom stereocenters. The zero-order chi connectivity index (χ0) is 6.62. The van der Waals surface area contributed by atoms with Crippen molar-refractivity contribution >= 4 is 0 Å². The lowest BCUT2D eigenvalue weighted by Crippen LogP contribution is -2.13. The van der Waals surface area contributed by atoms with Crippen LogP contribution in [-0.4, -0.2) is 13.0 Å². The average molecular weight is 128 g/mol. The molecule has 0 bridgehead atoms. The van der Waals surface area contributed by atoms with Gasteiger partial charge in [0.2, 0.25) is 0 Å². The van der Waals surface area contributed by atoms with Gasteiger partial charge in [0.1, 0.15) is 0 Å². The number of rotatable bonds is 2. The zero-order valence-electron chi connectivity index (χ0n) is 4.46. The SMILES string of the molecule is CCCOC(F)(F)F. The monoisotopic (exact) mass is 128 g/mol. The van der Waals surface area contributed by atoms with Gasteiger partial charge in [-0.25, -0.2) is 0 Å². The summed E-state index contributed by atoms with van der Waals surface area (Å²) in [6, 6.07) is 0. The highest BCUT2D eigenvalue weighted by Gasteiger charge is 2.27. The standard InChI is InChI=1S/C4H7F3O/c1-2-3-8-4(5,6)7/h2-3H2,1H3. The van der Waals surface area contributed by atoms with E-state index in [-0.39, 0.29) is 6.61 Å². The molecule has 0 aliphatic heterocycles. The Morgan fingerprint density at radius 3 is 2.00 bits per heavy atom. The summed E-state index contributed by atoms with van der Waals surface area (Å²) in [7, 11) is 0. The first-order chi connectivity index (χ1) is 3.56. The van der Waals surface area contributed by atoms with Gasteiger partial charge in [-0.3, -0.25) is 4.74 Å². The summed E-state index contributed by atoms with van der Waals surface area (Å²) in [6.07, 6.45) is -4.06. The number of ether oxygens (including phenoxy) is 1. The molecule has 0 radical (unpaired) electrons. The highest BCUT2D eigenvalue weighted by molar-refractivity contribution is 4.27. The van der Waals surface area contributed by atoms with Gasteiger partial charge >= 0.3 is 6.36 Å². The molecule has 8 heavy (non-hydrogen) atoms. The van der Waals surface area contributed by atoms with Gasteiger partial charge in [-0.15, -0.1) is 13.2 Å². The lowest BCUT2D eigenvalue weighted by molar-refractivity contribution is -0.324. The van der Waals surface area contributed by atoms with Crippen LogP contribution in [0.25, 0.3) is 0 Å². The molecular formula is C4H7F3O. The molecule has 0 rings (SSSR count). The van der Waals surface area contributed by atoms with E-state index in [9.17, 15) is 13.2 Å². The highest BCUT2D eigenvalue weighted by Crippen LogP contribution is 2.15. The van der Waals surface area contributed by atoms with E-state index >= 15 is 0 Å². The molecule has 0 aromatic carbocycles. The second-order valence-electron chi connectivity index (χ2n) is 1.29. The molecule has 0 aliphatic rings. The fourth-order valence-electron chi connectivity index (χ4n) is 0.218. The first kappa shape index (κ1) is 7.75. The number of hydrogen-bond acceptors (Lipinski definition) is 1. The van der Waals surface area contributed by atoms with Crippen LogP contribution in [0.5, 0.6) is 0 Å². The van der Waals surface area contributed by atoms with Gasteiger partial charge in [-0.05, 0) is 6.42 Å². The van der Waals surface area contributed by atoms with E-state index in [1.165, 1.54) is 0 Å². The Kier molecular flexibility index (Phi) is 2.82. The van der Waals surface area contributed by atoms with Crippen molar-refractivity contribution in [1.82, 2.24) is 0 Å². The predicted octanol–water partition coefficient (Wildman–Crippen LogP) is 1.93. The molecule has 50 valence electrons. The second-order valence-corrected chi connectivity index (χ2v) is 1.29. The number of halogens is 3. The molecule has 0 fully saturated rings. The number of alkyl halides is 3. The number of hydrogen-bond donors (Lipinski definition) is 0. The van der Waals surface area contributed by atoms with Crippen molar-refractivity contribution in [2.45, 2.75) is 19.7 Å². The first-order valence-electron chi connectivity index (χ1n) is 2.27. The Morgan fingerprint density at radius 1 is 1.38 bits per heavy atom. The Bertz CT molecular complexity index is 58.8. The fraction of sp³-hybridized carbons (Fsp3) is 1.00. The topological polar surface area (TPSA) is 9.23 Å². The lowest BCUT2D eigenvalue weighted by atomic mass is 10.5. The van der Waals surface area contributed by atoms with Crippen LogP contribution in [0, 0.1) is 0 Å². The summed E-state index contributed by atoms with van der Waals surface area (Å²) in [6.45, 7) is 1.37. The Labute approximate surface area is 45.4 Å². The van der Waals surface area contributed by atoms with Gasteiger partial charge in [0.25, 0.3) is 0 Å². The van der Waals surface area contributed by atoms with E-state index in [1.54, 1.807) is 6.92 Å². The van der Waals surface area contributed by atoms with Gasteiger partial charge in [0.15, 0.2) is 0 Å². The minimum Gasteiger partial charge on any atom is -0.292 e. The molecule has 4 heteroatoms. The van der Waals surface area contributed by atoms with Crippen LogP contribution in [-0.2, 0) is 4.74 Å². The molecule has 0 N–H and O–H groups in total. The van der Waals surface area contributed by atoms with E-state index in [0.717, 1.165) is 0 Å². The van der Waals surface area contributed by atoms with Crippen molar-refractivity contribution in [3.8, 4) is 0 Å². The summed E-state index contributed by atoms with van der Waals surface area (Å²) >= 11 is 0. The molecule has 0 aliphatic carbocycles. The van der Waals surface area contributed by atoms with E-state index < -0.39 is 6.36 Å². The van der Waals surface area contributed by atoms with Crippen LogP contribution >= 0.6 is 0 Å². The Hall–Kier alpha value is -0.250. The Morgan fingerprint density at radius 2 is 1.88 bits per heavy atom. The summed E-state index contributed by atoms with van der Waals surface area (Å²) in [5.41, 5.74) is 0. The van der Waals surface area contributed by atoms with Crippen molar-refractivity contribution in [1.29, 1.82) is 0 Å². The van der Waals surface area contributed by atoms with Gasteiger partial charge in [0.05, 0.1) is 6.61 Å². The molecule has 0 saturated carbocycles. The van der Waals surface area contributed by atoms with Crippen molar-refractivity contribution < 1.29 is 17.9 Å². The minimum absolute atomic E-state index is 0.247.